The Morgan fingerprint density at radius 1 is 1.33 bits per heavy atom. The highest BCUT2D eigenvalue weighted by Gasteiger charge is 2.22. The first-order chi connectivity index (χ1) is 10.00. The molecule has 0 aliphatic heterocycles. The second-order valence-electron chi connectivity index (χ2n) is 5.61. The van der Waals surface area contributed by atoms with Crippen molar-refractivity contribution >= 4 is 5.97 Å². The molecule has 2 N–H and O–H groups in total. The summed E-state index contributed by atoms with van der Waals surface area (Å²) in [5.41, 5.74) is 1.70. The van der Waals surface area contributed by atoms with Crippen LogP contribution in [-0.4, -0.2) is 28.6 Å². The van der Waals surface area contributed by atoms with Crippen molar-refractivity contribution in [3.05, 3.63) is 42.2 Å². The number of nitrogens with one attached hydrogen (secondary N) is 2. The van der Waals surface area contributed by atoms with Gasteiger partial charge in [-0.2, -0.15) is 0 Å². The summed E-state index contributed by atoms with van der Waals surface area (Å²) in [6, 6.07) is 9.96. The lowest BCUT2D eigenvalue weighted by Gasteiger charge is -2.24. The number of nitrogens with zero attached hydrogens (tertiary/aromatic N) is 1. The molecule has 0 spiro atoms. The van der Waals surface area contributed by atoms with Gasteiger partial charge in [-0.15, -0.1) is 0 Å². The number of carbonyl (C=O) groups excluding carboxylic acids is 1. The fourth-order valence-electron chi connectivity index (χ4n) is 2.02. The van der Waals surface area contributed by atoms with Crippen LogP contribution in [0.3, 0.4) is 0 Å². The molecule has 21 heavy (non-hydrogen) atoms. The van der Waals surface area contributed by atoms with Crippen molar-refractivity contribution in [3.8, 4) is 11.4 Å². The molecular formula is C16H21N3O2. The van der Waals surface area contributed by atoms with E-state index in [0.717, 1.165) is 17.1 Å². The summed E-state index contributed by atoms with van der Waals surface area (Å²) >= 11 is 0. The highest BCUT2D eigenvalue weighted by Crippen LogP contribution is 2.15. The molecule has 0 atom stereocenters. The molecule has 2 rings (SSSR count). The van der Waals surface area contributed by atoms with Crippen molar-refractivity contribution < 1.29 is 9.53 Å². The molecular weight excluding hydrogens is 266 g/mol. The van der Waals surface area contributed by atoms with Crippen LogP contribution < -0.4 is 5.32 Å². The van der Waals surface area contributed by atoms with Crippen LogP contribution in [0.15, 0.2) is 36.5 Å². The molecule has 1 heterocycles. The van der Waals surface area contributed by atoms with Crippen LogP contribution in [0.5, 0.6) is 0 Å². The first-order valence-electron chi connectivity index (χ1n) is 6.91. The van der Waals surface area contributed by atoms with Gasteiger partial charge < -0.3 is 15.0 Å². The normalized spacial score (nSPS) is 11.4. The molecule has 0 saturated carbocycles. The zero-order valence-electron chi connectivity index (χ0n) is 12.6. The number of methoxy groups -OCH3 is 1. The average molecular weight is 287 g/mol. The first-order valence-corrected chi connectivity index (χ1v) is 6.91. The summed E-state index contributed by atoms with van der Waals surface area (Å²) < 4.78 is 4.70. The van der Waals surface area contributed by atoms with E-state index >= 15 is 0 Å². The minimum Gasteiger partial charge on any atom is -0.469 e. The molecule has 2 aromatic rings. The van der Waals surface area contributed by atoms with Crippen LogP contribution in [0.1, 0.15) is 26.0 Å². The summed E-state index contributed by atoms with van der Waals surface area (Å²) in [5, 5.41) is 3.33. The van der Waals surface area contributed by atoms with Gasteiger partial charge in [-0.05, 0) is 13.8 Å². The molecule has 112 valence electrons. The van der Waals surface area contributed by atoms with E-state index in [4.69, 9.17) is 4.74 Å². The Kier molecular flexibility index (Phi) is 4.75. The zero-order chi connectivity index (χ0) is 15.3. The number of hydrogen-bond donors (Lipinski definition) is 2. The van der Waals surface area contributed by atoms with E-state index < -0.39 is 0 Å². The highest BCUT2D eigenvalue weighted by atomic mass is 16.5. The summed E-state index contributed by atoms with van der Waals surface area (Å²) in [7, 11) is 1.40. The molecule has 0 aliphatic carbocycles. The van der Waals surface area contributed by atoms with Crippen LogP contribution in [0.2, 0.25) is 0 Å². The van der Waals surface area contributed by atoms with Gasteiger partial charge >= 0.3 is 5.97 Å². The number of carbonyl (C=O) groups is 1. The third-order valence-corrected chi connectivity index (χ3v) is 3.25. The molecule has 1 aromatic carbocycles. The van der Waals surface area contributed by atoms with Crippen molar-refractivity contribution in [3.63, 3.8) is 0 Å². The summed E-state index contributed by atoms with van der Waals surface area (Å²) in [4.78, 5) is 19.0. The maximum Gasteiger partial charge on any atom is 0.307 e. The average Bonchev–Trinajstić information content (AvgIpc) is 2.95. The third kappa shape index (κ3) is 4.43. The van der Waals surface area contributed by atoms with Gasteiger partial charge in [0.05, 0.1) is 13.5 Å². The lowest BCUT2D eigenvalue weighted by Crippen LogP contribution is -2.41. The Morgan fingerprint density at radius 2 is 2.05 bits per heavy atom. The van der Waals surface area contributed by atoms with Gasteiger partial charge in [0, 0.05) is 29.5 Å². The van der Waals surface area contributed by atoms with Crippen LogP contribution >= 0.6 is 0 Å². The van der Waals surface area contributed by atoms with Crippen molar-refractivity contribution in [2.24, 2.45) is 0 Å². The van der Waals surface area contributed by atoms with Crippen molar-refractivity contribution in [2.75, 3.05) is 7.11 Å². The predicted octanol–water partition coefficient (Wildman–Crippen LogP) is 2.51. The molecule has 1 aromatic heterocycles. The summed E-state index contributed by atoms with van der Waals surface area (Å²) in [5.74, 6) is 0.625. The van der Waals surface area contributed by atoms with Gasteiger partial charge in [-0.1, -0.05) is 30.3 Å². The summed E-state index contributed by atoms with van der Waals surface area (Å²) in [6.45, 7) is 4.56. The lowest BCUT2D eigenvalue weighted by atomic mass is 10.0. The smallest absolute Gasteiger partial charge is 0.307 e. The van der Waals surface area contributed by atoms with Gasteiger partial charge in [-0.3, -0.25) is 4.79 Å². The number of aromatic amines is 1. The summed E-state index contributed by atoms with van der Waals surface area (Å²) in [6.07, 6.45) is 2.13. The SMILES string of the molecule is COC(=O)CC(C)(C)NCc1cnc(-c2ccccc2)[nH]1. The largest absolute Gasteiger partial charge is 0.469 e. The van der Waals surface area contributed by atoms with E-state index in [1.165, 1.54) is 7.11 Å². The monoisotopic (exact) mass is 287 g/mol. The number of imidazole rings is 1. The lowest BCUT2D eigenvalue weighted by molar-refractivity contribution is -0.142. The molecule has 0 unspecified atom stereocenters. The van der Waals surface area contributed by atoms with Gasteiger partial charge in [-0.25, -0.2) is 4.98 Å². The van der Waals surface area contributed by atoms with Gasteiger partial charge in [0.2, 0.25) is 0 Å². The van der Waals surface area contributed by atoms with E-state index in [2.05, 4.69) is 15.3 Å². The number of aromatic nitrogens is 2. The molecule has 0 amide bonds. The second-order valence-corrected chi connectivity index (χ2v) is 5.61. The van der Waals surface area contributed by atoms with Gasteiger partial charge in [0.15, 0.2) is 0 Å². The minimum atomic E-state index is -0.328. The molecule has 0 aliphatic rings. The van der Waals surface area contributed by atoms with Crippen molar-refractivity contribution in [2.45, 2.75) is 32.4 Å². The van der Waals surface area contributed by atoms with E-state index in [1.807, 2.05) is 50.4 Å². The maximum absolute atomic E-state index is 11.3. The van der Waals surface area contributed by atoms with Gasteiger partial charge in [0.1, 0.15) is 5.82 Å². The van der Waals surface area contributed by atoms with Crippen LogP contribution in [0, 0.1) is 0 Å². The molecule has 0 fully saturated rings. The number of hydrogen-bond acceptors (Lipinski definition) is 4. The van der Waals surface area contributed by atoms with Crippen molar-refractivity contribution in [1.29, 1.82) is 0 Å². The third-order valence-electron chi connectivity index (χ3n) is 3.25. The molecule has 0 bridgehead atoms. The number of ether oxygens (including phenoxy) is 1. The van der Waals surface area contributed by atoms with Crippen LogP contribution in [0.25, 0.3) is 11.4 Å². The second kappa shape index (κ2) is 6.54. The molecule has 0 radical (unpaired) electrons. The van der Waals surface area contributed by atoms with Crippen LogP contribution in [-0.2, 0) is 16.1 Å². The highest BCUT2D eigenvalue weighted by molar-refractivity contribution is 5.70. The maximum atomic E-state index is 11.3. The van der Waals surface area contributed by atoms with E-state index in [9.17, 15) is 4.79 Å². The number of benzene rings is 1. The van der Waals surface area contributed by atoms with Gasteiger partial charge in [0.25, 0.3) is 0 Å². The number of H-pyrrole nitrogens is 1. The quantitative estimate of drug-likeness (QED) is 0.801. The fourth-order valence-corrected chi connectivity index (χ4v) is 2.02. The van der Waals surface area contributed by atoms with E-state index in [-0.39, 0.29) is 11.5 Å². The fraction of sp³-hybridized carbons (Fsp3) is 0.375. The Bertz CT molecular complexity index is 591. The zero-order valence-corrected chi connectivity index (χ0v) is 12.6. The van der Waals surface area contributed by atoms with Crippen molar-refractivity contribution in [1.82, 2.24) is 15.3 Å². The Morgan fingerprint density at radius 3 is 2.71 bits per heavy atom. The van der Waals surface area contributed by atoms with E-state index in [1.54, 1.807) is 0 Å². The van der Waals surface area contributed by atoms with Crippen LogP contribution in [0.4, 0.5) is 0 Å². The Hall–Kier alpha value is -2.14. The Balaban J connectivity index is 1.96. The topological polar surface area (TPSA) is 67.0 Å². The minimum absolute atomic E-state index is 0.220. The standard InChI is InChI=1S/C16H21N3O2/c1-16(2,9-14(20)21-3)18-11-13-10-17-15(19-13)12-7-5-4-6-8-12/h4-8,10,18H,9,11H2,1-3H3,(H,17,19). The predicted molar refractivity (Wildman–Crippen MR) is 81.6 cm³/mol. The first kappa shape index (κ1) is 15.3. The van der Waals surface area contributed by atoms with E-state index in [0.29, 0.717) is 13.0 Å². The molecule has 5 nitrogen and oxygen atoms in total. The molecule has 5 heteroatoms. The number of rotatable bonds is 6. The number of esters is 1. The molecule has 0 saturated heterocycles. The Labute approximate surface area is 124 Å².